The second kappa shape index (κ2) is 7.33. The number of rotatable bonds is 4. The minimum Gasteiger partial charge on any atom is -0.457 e. The van der Waals surface area contributed by atoms with Crippen LogP contribution in [0.25, 0.3) is 0 Å². The number of hydrogen-bond donors (Lipinski definition) is 1. The van der Waals surface area contributed by atoms with Crippen LogP contribution in [0.2, 0.25) is 0 Å². The number of benzene rings is 4. The zero-order valence-corrected chi connectivity index (χ0v) is 16.0. The molecule has 0 saturated heterocycles. The number of anilines is 2. The standard InChI is InChI=1S/C26H17NO3/c28-25-20-9-4-5-10-21(20)26(29)24-22(25)11-6-12-23(24)27-17-13-15-19(16-14-17)30-18-7-2-1-3-8-18/h1-16,27H. The van der Waals surface area contributed by atoms with Crippen molar-refractivity contribution >= 4 is 22.9 Å². The minimum atomic E-state index is -0.146. The molecule has 0 aliphatic heterocycles. The molecule has 0 saturated carbocycles. The number of fused-ring (bicyclic) bond motifs is 2. The van der Waals surface area contributed by atoms with Gasteiger partial charge in [-0.25, -0.2) is 0 Å². The summed E-state index contributed by atoms with van der Waals surface area (Å²) in [6.07, 6.45) is 0. The Morgan fingerprint density at radius 2 is 1.13 bits per heavy atom. The highest BCUT2D eigenvalue weighted by Crippen LogP contribution is 2.33. The number of nitrogens with one attached hydrogen (secondary N) is 1. The average Bonchev–Trinajstić information content (AvgIpc) is 2.79. The van der Waals surface area contributed by atoms with Crippen LogP contribution >= 0.6 is 0 Å². The summed E-state index contributed by atoms with van der Waals surface area (Å²) in [5, 5.41) is 3.28. The van der Waals surface area contributed by atoms with E-state index in [4.69, 9.17) is 4.74 Å². The fraction of sp³-hybridized carbons (Fsp3) is 0. The number of ketones is 2. The zero-order chi connectivity index (χ0) is 20.5. The largest absolute Gasteiger partial charge is 0.457 e. The SMILES string of the molecule is O=C1c2ccccc2C(=O)c2c(Nc3ccc(Oc4ccccc4)cc3)cccc21. The molecule has 4 aromatic carbocycles. The summed E-state index contributed by atoms with van der Waals surface area (Å²) in [5.74, 6) is 1.20. The molecule has 0 unspecified atom stereocenters. The Balaban J connectivity index is 1.44. The van der Waals surface area contributed by atoms with Gasteiger partial charge in [0.2, 0.25) is 0 Å². The van der Waals surface area contributed by atoms with Crippen molar-refractivity contribution < 1.29 is 14.3 Å². The highest BCUT2D eigenvalue weighted by atomic mass is 16.5. The van der Waals surface area contributed by atoms with E-state index in [1.165, 1.54) is 0 Å². The summed E-state index contributed by atoms with van der Waals surface area (Å²) in [6.45, 7) is 0. The molecule has 4 heteroatoms. The number of carbonyl (C=O) groups excluding carboxylic acids is 2. The summed E-state index contributed by atoms with van der Waals surface area (Å²) in [4.78, 5) is 26.0. The molecule has 0 fully saturated rings. The van der Waals surface area contributed by atoms with Crippen LogP contribution in [0.1, 0.15) is 31.8 Å². The van der Waals surface area contributed by atoms with Gasteiger partial charge in [-0.3, -0.25) is 9.59 Å². The van der Waals surface area contributed by atoms with Gasteiger partial charge in [0.25, 0.3) is 0 Å². The van der Waals surface area contributed by atoms with E-state index < -0.39 is 0 Å². The molecule has 0 bridgehead atoms. The zero-order valence-electron chi connectivity index (χ0n) is 16.0. The first-order valence-electron chi connectivity index (χ1n) is 9.62. The Bertz CT molecular complexity index is 1260. The Morgan fingerprint density at radius 1 is 0.533 bits per heavy atom. The van der Waals surface area contributed by atoms with E-state index in [0.29, 0.717) is 33.7 Å². The molecule has 4 aromatic rings. The number of hydrogen-bond acceptors (Lipinski definition) is 4. The van der Waals surface area contributed by atoms with Crippen molar-refractivity contribution in [2.24, 2.45) is 0 Å². The first kappa shape index (κ1) is 17.9. The monoisotopic (exact) mass is 391 g/mol. The van der Waals surface area contributed by atoms with Gasteiger partial charge in [0.1, 0.15) is 11.5 Å². The number of ether oxygens (including phenoxy) is 1. The summed E-state index contributed by atoms with van der Waals surface area (Å²) < 4.78 is 5.82. The van der Waals surface area contributed by atoms with Crippen molar-refractivity contribution in [1.82, 2.24) is 0 Å². The van der Waals surface area contributed by atoms with E-state index >= 15 is 0 Å². The lowest BCUT2D eigenvalue weighted by molar-refractivity contribution is 0.0979. The van der Waals surface area contributed by atoms with Gasteiger partial charge in [-0.2, -0.15) is 0 Å². The van der Waals surface area contributed by atoms with Gasteiger partial charge < -0.3 is 10.1 Å². The van der Waals surface area contributed by atoms with E-state index in [9.17, 15) is 9.59 Å². The highest BCUT2D eigenvalue weighted by molar-refractivity contribution is 6.30. The second-order valence-electron chi connectivity index (χ2n) is 7.00. The molecule has 5 rings (SSSR count). The highest BCUT2D eigenvalue weighted by Gasteiger charge is 2.31. The maximum Gasteiger partial charge on any atom is 0.196 e. The Kier molecular flexibility index (Phi) is 4.37. The lowest BCUT2D eigenvalue weighted by atomic mass is 9.83. The van der Waals surface area contributed by atoms with Gasteiger partial charge in [-0.05, 0) is 42.5 Å². The van der Waals surface area contributed by atoms with Crippen LogP contribution in [0.3, 0.4) is 0 Å². The molecule has 1 aliphatic carbocycles. The maximum atomic E-state index is 13.1. The molecule has 0 spiro atoms. The molecule has 0 amide bonds. The predicted molar refractivity (Wildman–Crippen MR) is 116 cm³/mol. The van der Waals surface area contributed by atoms with E-state index in [1.807, 2.05) is 60.7 Å². The predicted octanol–water partition coefficient (Wildman–Crippen LogP) is 6.00. The van der Waals surface area contributed by atoms with Crippen molar-refractivity contribution in [3.8, 4) is 11.5 Å². The molecule has 1 N–H and O–H groups in total. The van der Waals surface area contributed by atoms with Crippen LogP contribution in [0.4, 0.5) is 11.4 Å². The van der Waals surface area contributed by atoms with Gasteiger partial charge >= 0.3 is 0 Å². The van der Waals surface area contributed by atoms with Gasteiger partial charge in [0, 0.05) is 22.4 Å². The Hall–Kier alpha value is -4.18. The van der Waals surface area contributed by atoms with Gasteiger partial charge in [0.15, 0.2) is 11.6 Å². The topological polar surface area (TPSA) is 55.4 Å². The Morgan fingerprint density at radius 3 is 1.87 bits per heavy atom. The van der Waals surface area contributed by atoms with Crippen LogP contribution in [-0.2, 0) is 0 Å². The molecule has 30 heavy (non-hydrogen) atoms. The second-order valence-corrected chi connectivity index (χ2v) is 7.00. The molecule has 0 heterocycles. The molecule has 4 nitrogen and oxygen atoms in total. The van der Waals surface area contributed by atoms with E-state index in [1.54, 1.807) is 36.4 Å². The molecule has 0 aromatic heterocycles. The smallest absolute Gasteiger partial charge is 0.196 e. The third-order valence-electron chi connectivity index (χ3n) is 5.06. The molecule has 0 atom stereocenters. The van der Waals surface area contributed by atoms with Gasteiger partial charge in [-0.1, -0.05) is 54.6 Å². The minimum absolute atomic E-state index is 0.129. The number of para-hydroxylation sites is 1. The van der Waals surface area contributed by atoms with Crippen LogP contribution in [-0.4, -0.2) is 11.6 Å². The fourth-order valence-electron chi connectivity index (χ4n) is 3.64. The third-order valence-corrected chi connectivity index (χ3v) is 5.06. The normalized spacial score (nSPS) is 12.1. The van der Waals surface area contributed by atoms with E-state index in [0.717, 1.165) is 11.4 Å². The van der Waals surface area contributed by atoms with Crippen molar-refractivity contribution in [2.45, 2.75) is 0 Å². The summed E-state index contributed by atoms with van der Waals surface area (Å²) in [5.41, 5.74) is 3.13. The number of carbonyl (C=O) groups is 2. The van der Waals surface area contributed by atoms with Crippen LogP contribution in [0, 0.1) is 0 Å². The van der Waals surface area contributed by atoms with E-state index in [2.05, 4.69) is 5.32 Å². The molecule has 144 valence electrons. The van der Waals surface area contributed by atoms with Gasteiger partial charge in [0.05, 0.1) is 11.3 Å². The van der Waals surface area contributed by atoms with Crippen molar-refractivity contribution in [3.05, 3.63) is 119 Å². The average molecular weight is 391 g/mol. The lowest BCUT2D eigenvalue weighted by Crippen LogP contribution is -2.21. The third kappa shape index (κ3) is 3.14. The van der Waals surface area contributed by atoms with Crippen molar-refractivity contribution in [2.75, 3.05) is 5.32 Å². The maximum absolute atomic E-state index is 13.1. The van der Waals surface area contributed by atoms with Gasteiger partial charge in [-0.15, -0.1) is 0 Å². The molecular formula is C26H17NO3. The van der Waals surface area contributed by atoms with Crippen LogP contribution < -0.4 is 10.1 Å². The first-order valence-corrected chi connectivity index (χ1v) is 9.62. The first-order chi connectivity index (χ1) is 14.7. The Labute approximate surface area is 173 Å². The van der Waals surface area contributed by atoms with Crippen molar-refractivity contribution in [1.29, 1.82) is 0 Å². The molecule has 1 aliphatic rings. The van der Waals surface area contributed by atoms with Crippen molar-refractivity contribution in [3.63, 3.8) is 0 Å². The summed E-state index contributed by atoms with van der Waals surface area (Å²) in [7, 11) is 0. The fourth-order valence-corrected chi connectivity index (χ4v) is 3.64. The molecular weight excluding hydrogens is 374 g/mol. The molecule has 0 radical (unpaired) electrons. The lowest BCUT2D eigenvalue weighted by Gasteiger charge is -2.20. The van der Waals surface area contributed by atoms with Crippen LogP contribution in [0.5, 0.6) is 11.5 Å². The van der Waals surface area contributed by atoms with Crippen LogP contribution in [0.15, 0.2) is 97.1 Å². The summed E-state index contributed by atoms with van der Waals surface area (Å²) in [6, 6.07) is 29.3. The summed E-state index contributed by atoms with van der Waals surface area (Å²) >= 11 is 0. The quantitative estimate of drug-likeness (QED) is 0.408. The van der Waals surface area contributed by atoms with E-state index in [-0.39, 0.29) is 11.6 Å².